The Balaban J connectivity index is 1.48. The quantitative estimate of drug-likeness (QED) is 0.831. The van der Waals surface area contributed by atoms with Crippen molar-refractivity contribution in [1.82, 2.24) is 9.80 Å². The van der Waals surface area contributed by atoms with Gasteiger partial charge in [0.05, 0.1) is 0 Å². The third-order valence-electron chi connectivity index (χ3n) is 4.86. The first kappa shape index (κ1) is 13.9. The smallest absolute Gasteiger partial charge is 0.0402 e. The predicted molar refractivity (Wildman–Crippen MR) is 85.7 cm³/mol. The summed E-state index contributed by atoms with van der Waals surface area (Å²) in [6.07, 6.45) is 2.52. The molecule has 110 valence electrons. The van der Waals surface area contributed by atoms with Crippen molar-refractivity contribution in [1.29, 1.82) is 0 Å². The second-order valence-electron chi connectivity index (χ2n) is 6.31. The Bertz CT molecular complexity index is 450. The van der Waals surface area contributed by atoms with Crippen molar-refractivity contribution in [2.24, 2.45) is 0 Å². The first-order valence-corrected chi connectivity index (χ1v) is 7.98. The third kappa shape index (κ3) is 2.99. The Morgan fingerprint density at radius 3 is 2.60 bits per heavy atom. The maximum atomic E-state index is 2.62. The molecular weight excluding hydrogens is 246 g/mol. The highest BCUT2D eigenvalue weighted by molar-refractivity contribution is 5.60. The molecule has 1 fully saturated rings. The van der Waals surface area contributed by atoms with Gasteiger partial charge in [-0.15, -0.1) is 0 Å². The van der Waals surface area contributed by atoms with Gasteiger partial charge in [-0.25, -0.2) is 0 Å². The van der Waals surface area contributed by atoms with Crippen molar-refractivity contribution in [3.8, 4) is 0 Å². The highest BCUT2D eigenvalue weighted by Crippen LogP contribution is 2.30. The molecule has 2 aliphatic heterocycles. The fourth-order valence-corrected chi connectivity index (χ4v) is 3.46. The Kier molecular flexibility index (Phi) is 4.27. The summed E-state index contributed by atoms with van der Waals surface area (Å²) in [5.74, 6) is 0. The van der Waals surface area contributed by atoms with Crippen molar-refractivity contribution in [2.75, 3.05) is 57.8 Å². The maximum absolute atomic E-state index is 2.62. The number of anilines is 1. The zero-order valence-electron chi connectivity index (χ0n) is 12.9. The lowest BCUT2D eigenvalue weighted by Gasteiger charge is -2.32. The van der Waals surface area contributed by atoms with E-state index < -0.39 is 0 Å². The van der Waals surface area contributed by atoms with Crippen LogP contribution in [0.3, 0.4) is 0 Å². The lowest BCUT2D eigenvalue weighted by atomic mass is 10.1. The van der Waals surface area contributed by atoms with Crippen LogP contribution < -0.4 is 4.90 Å². The number of rotatable bonds is 4. The van der Waals surface area contributed by atoms with Gasteiger partial charge < -0.3 is 14.7 Å². The van der Waals surface area contributed by atoms with Gasteiger partial charge in [-0.05, 0) is 50.6 Å². The van der Waals surface area contributed by atoms with Crippen LogP contribution in [-0.2, 0) is 6.42 Å². The average Bonchev–Trinajstić information content (AvgIpc) is 2.86. The molecule has 20 heavy (non-hydrogen) atoms. The molecule has 0 aromatic heterocycles. The molecule has 0 saturated carbocycles. The number of aryl methyl sites for hydroxylation is 1. The number of benzene rings is 1. The van der Waals surface area contributed by atoms with Crippen LogP contribution in [0.5, 0.6) is 0 Å². The molecule has 0 amide bonds. The number of hydrogen-bond donors (Lipinski definition) is 0. The lowest BCUT2D eigenvalue weighted by molar-refractivity contribution is 0.153. The van der Waals surface area contributed by atoms with Gasteiger partial charge in [-0.1, -0.05) is 12.1 Å². The number of fused-ring (bicyclic) bond motifs is 1. The Morgan fingerprint density at radius 1 is 1.00 bits per heavy atom. The summed E-state index contributed by atoms with van der Waals surface area (Å²) in [4.78, 5) is 7.63. The van der Waals surface area contributed by atoms with E-state index in [4.69, 9.17) is 0 Å². The Hall–Kier alpha value is -1.06. The molecule has 2 heterocycles. The van der Waals surface area contributed by atoms with Gasteiger partial charge in [0.15, 0.2) is 0 Å². The monoisotopic (exact) mass is 273 g/mol. The molecule has 1 aromatic carbocycles. The summed E-state index contributed by atoms with van der Waals surface area (Å²) < 4.78 is 0. The minimum Gasteiger partial charge on any atom is -0.371 e. The largest absolute Gasteiger partial charge is 0.371 e. The van der Waals surface area contributed by atoms with Crippen LogP contribution in [0, 0.1) is 6.92 Å². The lowest BCUT2D eigenvalue weighted by Crippen LogP contribution is -2.45. The molecule has 0 atom stereocenters. The van der Waals surface area contributed by atoms with Crippen molar-refractivity contribution in [3.05, 3.63) is 29.3 Å². The minimum atomic E-state index is 1.21. The molecular formula is C17H27N3. The molecule has 0 unspecified atom stereocenters. The first-order chi connectivity index (χ1) is 9.74. The number of nitrogens with zero attached hydrogens (tertiary/aromatic N) is 3. The molecule has 0 aliphatic carbocycles. The standard InChI is InChI=1S/C17H27N3/c1-15-5-3-6-17-16(15)7-10-20(17)9-4-8-19-13-11-18(2)12-14-19/h3,5-6H,4,7-14H2,1-2H3. The van der Waals surface area contributed by atoms with Gasteiger partial charge in [-0.3, -0.25) is 0 Å². The molecule has 0 N–H and O–H groups in total. The summed E-state index contributed by atoms with van der Waals surface area (Å²) in [5.41, 5.74) is 4.53. The van der Waals surface area contributed by atoms with Crippen molar-refractivity contribution in [2.45, 2.75) is 19.8 Å². The molecule has 0 bridgehead atoms. The van der Waals surface area contributed by atoms with Crippen molar-refractivity contribution in [3.63, 3.8) is 0 Å². The van der Waals surface area contributed by atoms with Gasteiger partial charge in [0.1, 0.15) is 0 Å². The van der Waals surface area contributed by atoms with Crippen molar-refractivity contribution < 1.29 is 0 Å². The van der Waals surface area contributed by atoms with E-state index in [1.165, 1.54) is 69.9 Å². The van der Waals surface area contributed by atoms with Crippen LogP contribution in [-0.4, -0.2) is 62.7 Å². The fraction of sp³-hybridized carbons (Fsp3) is 0.647. The average molecular weight is 273 g/mol. The van der Waals surface area contributed by atoms with Crippen LogP contribution in [0.1, 0.15) is 17.5 Å². The highest BCUT2D eigenvalue weighted by Gasteiger charge is 2.20. The molecule has 3 heteroatoms. The van der Waals surface area contributed by atoms with E-state index in [-0.39, 0.29) is 0 Å². The molecule has 3 nitrogen and oxygen atoms in total. The number of likely N-dealkylation sites (N-methyl/N-ethyl adjacent to an activating group) is 1. The van der Waals surface area contributed by atoms with Crippen LogP contribution >= 0.6 is 0 Å². The zero-order valence-corrected chi connectivity index (χ0v) is 12.9. The predicted octanol–water partition coefficient (Wildman–Crippen LogP) is 2.00. The molecule has 1 saturated heterocycles. The van der Waals surface area contributed by atoms with E-state index in [0.717, 1.165) is 0 Å². The van der Waals surface area contributed by atoms with Gasteiger partial charge >= 0.3 is 0 Å². The molecule has 1 aromatic rings. The van der Waals surface area contributed by atoms with Crippen LogP contribution in [0.4, 0.5) is 5.69 Å². The summed E-state index contributed by atoms with van der Waals surface area (Å²) >= 11 is 0. The van der Waals surface area contributed by atoms with Gasteiger partial charge in [-0.2, -0.15) is 0 Å². The number of piperazine rings is 1. The Morgan fingerprint density at radius 2 is 1.80 bits per heavy atom. The SMILES string of the molecule is Cc1cccc2c1CCN2CCCN1CCN(C)CC1. The zero-order chi connectivity index (χ0) is 13.9. The molecule has 2 aliphatic rings. The highest BCUT2D eigenvalue weighted by atomic mass is 15.2. The van der Waals surface area contributed by atoms with Gasteiger partial charge in [0, 0.05) is 45.0 Å². The summed E-state index contributed by atoms with van der Waals surface area (Å²) in [6.45, 7) is 10.9. The van der Waals surface area contributed by atoms with E-state index in [2.05, 4.69) is 46.9 Å². The summed E-state index contributed by atoms with van der Waals surface area (Å²) in [5, 5.41) is 0. The van der Waals surface area contributed by atoms with E-state index in [1.54, 1.807) is 5.56 Å². The maximum Gasteiger partial charge on any atom is 0.0402 e. The molecule has 0 radical (unpaired) electrons. The van der Waals surface area contributed by atoms with E-state index in [0.29, 0.717) is 0 Å². The normalized spacial score (nSPS) is 20.4. The number of hydrogen-bond acceptors (Lipinski definition) is 3. The second kappa shape index (κ2) is 6.15. The minimum absolute atomic E-state index is 1.21. The summed E-state index contributed by atoms with van der Waals surface area (Å²) in [6, 6.07) is 6.74. The van der Waals surface area contributed by atoms with E-state index in [9.17, 15) is 0 Å². The summed E-state index contributed by atoms with van der Waals surface area (Å²) in [7, 11) is 2.22. The first-order valence-electron chi connectivity index (χ1n) is 7.98. The van der Waals surface area contributed by atoms with Crippen LogP contribution in [0.25, 0.3) is 0 Å². The van der Waals surface area contributed by atoms with Gasteiger partial charge in [0.2, 0.25) is 0 Å². The topological polar surface area (TPSA) is 9.72 Å². The van der Waals surface area contributed by atoms with Crippen LogP contribution in [0.2, 0.25) is 0 Å². The fourth-order valence-electron chi connectivity index (χ4n) is 3.46. The van der Waals surface area contributed by atoms with E-state index in [1.807, 2.05) is 0 Å². The second-order valence-corrected chi connectivity index (χ2v) is 6.31. The van der Waals surface area contributed by atoms with E-state index >= 15 is 0 Å². The third-order valence-corrected chi connectivity index (χ3v) is 4.86. The Labute approximate surface area is 123 Å². The molecule has 3 rings (SSSR count). The van der Waals surface area contributed by atoms with Crippen molar-refractivity contribution >= 4 is 5.69 Å². The van der Waals surface area contributed by atoms with Gasteiger partial charge in [0.25, 0.3) is 0 Å². The molecule has 0 spiro atoms. The van der Waals surface area contributed by atoms with Crippen LogP contribution in [0.15, 0.2) is 18.2 Å².